The van der Waals surface area contributed by atoms with Crippen LogP contribution in [0.2, 0.25) is 0 Å². The van der Waals surface area contributed by atoms with Crippen LogP contribution in [0.25, 0.3) is 0 Å². The Morgan fingerprint density at radius 1 is 1.40 bits per heavy atom. The molecule has 0 atom stereocenters. The number of alkyl halides is 3. The number of hydrogen-bond acceptors (Lipinski definition) is 2. The summed E-state index contributed by atoms with van der Waals surface area (Å²) in [5.41, 5.74) is 2.86. The molecule has 1 aliphatic heterocycles. The maximum absolute atomic E-state index is 11.5. The van der Waals surface area contributed by atoms with Crippen molar-refractivity contribution < 1.29 is 13.2 Å². The van der Waals surface area contributed by atoms with Crippen molar-refractivity contribution in [3.63, 3.8) is 0 Å². The number of rotatable bonds is 1. The van der Waals surface area contributed by atoms with Crippen molar-refractivity contribution in [3.8, 4) is 0 Å². The third-order valence-electron chi connectivity index (χ3n) is 0.813. The Hall–Kier alpha value is -1.07. The fraction of sp³-hybridized carbons (Fsp3) is 0.500. The van der Waals surface area contributed by atoms with Gasteiger partial charge in [-0.25, -0.2) is 0 Å². The normalized spacial score (nSPS) is 16.9. The van der Waals surface area contributed by atoms with Crippen LogP contribution in [0.3, 0.4) is 0 Å². The van der Waals surface area contributed by atoms with Crippen LogP contribution >= 0.6 is 0 Å². The summed E-state index contributed by atoms with van der Waals surface area (Å²) in [6.45, 7) is 0. The molecule has 0 bridgehead atoms. The van der Waals surface area contributed by atoms with Crippen molar-refractivity contribution in [2.24, 2.45) is 10.2 Å². The van der Waals surface area contributed by atoms with Gasteiger partial charge in [-0.15, -0.1) is 10.2 Å². The largest absolute Gasteiger partial charge is 0.394 e. The molecular weight excluding hydrogens is 147 g/mol. The molecule has 0 saturated heterocycles. The fourth-order valence-electron chi connectivity index (χ4n) is 0.488. The Bertz CT molecular complexity index is 181. The van der Waals surface area contributed by atoms with Crippen molar-refractivity contribution in [2.75, 3.05) is 0 Å². The van der Waals surface area contributed by atoms with Gasteiger partial charge in [0.25, 0.3) is 0 Å². The topological polar surface area (TPSA) is 38.8 Å². The van der Waals surface area contributed by atoms with E-state index in [9.17, 15) is 13.2 Å². The third-order valence-corrected chi connectivity index (χ3v) is 0.813. The van der Waals surface area contributed by atoms with E-state index in [0.717, 1.165) is 6.21 Å². The first-order valence-corrected chi connectivity index (χ1v) is 2.44. The van der Waals surface area contributed by atoms with Crippen LogP contribution in [0.4, 0.5) is 13.2 Å². The second-order valence-corrected chi connectivity index (χ2v) is 1.72. The molecule has 0 N–H and O–H groups in total. The Morgan fingerprint density at radius 3 is 2.50 bits per heavy atom. The zero-order chi connectivity index (χ0) is 7.61. The molecule has 1 heterocycles. The summed E-state index contributed by atoms with van der Waals surface area (Å²) in [7, 11) is 0. The monoisotopic (exact) mass is 150 g/mol. The van der Waals surface area contributed by atoms with Gasteiger partial charge in [-0.05, 0) is 5.53 Å². The van der Waals surface area contributed by atoms with E-state index >= 15 is 0 Å². The van der Waals surface area contributed by atoms with Crippen LogP contribution in [0, 0.1) is 0 Å². The van der Waals surface area contributed by atoms with Crippen LogP contribution in [0.1, 0.15) is 6.42 Å². The van der Waals surface area contributed by atoms with Gasteiger partial charge in [0.15, 0.2) is 0 Å². The molecule has 1 aliphatic rings. The van der Waals surface area contributed by atoms with Gasteiger partial charge in [-0.3, -0.25) is 0 Å². The van der Waals surface area contributed by atoms with E-state index in [0.29, 0.717) is 0 Å². The number of hydrogen-bond donors (Lipinski definition) is 0. The van der Waals surface area contributed by atoms with E-state index < -0.39 is 12.6 Å². The predicted octanol–water partition coefficient (Wildman–Crippen LogP) is 0.899. The highest BCUT2D eigenvalue weighted by molar-refractivity contribution is 6.31. The highest BCUT2D eigenvalue weighted by atomic mass is 19.4. The highest BCUT2D eigenvalue weighted by Crippen LogP contribution is 2.20. The van der Waals surface area contributed by atoms with E-state index in [4.69, 9.17) is 0 Å². The maximum atomic E-state index is 11.5. The average molecular weight is 150 g/mol. The van der Waals surface area contributed by atoms with Crippen molar-refractivity contribution in [1.29, 1.82) is 0 Å². The molecule has 0 aromatic heterocycles. The van der Waals surface area contributed by atoms with Crippen LogP contribution in [0.5, 0.6) is 0 Å². The van der Waals surface area contributed by atoms with E-state index in [1.165, 1.54) is 0 Å². The molecule has 0 spiro atoms. The van der Waals surface area contributed by atoms with E-state index in [1.54, 1.807) is 0 Å². The molecule has 55 valence electrons. The van der Waals surface area contributed by atoms with Gasteiger partial charge in [0, 0.05) is 0 Å². The Labute approximate surface area is 54.6 Å². The predicted molar refractivity (Wildman–Crippen MR) is 28.7 cm³/mol. The van der Waals surface area contributed by atoms with Gasteiger partial charge in [-0.1, -0.05) is 0 Å². The second-order valence-electron chi connectivity index (χ2n) is 1.72. The minimum atomic E-state index is -4.22. The van der Waals surface area contributed by atoms with Crippen LogP contribution in [0.15, 0.2) is 10.2 Å². The summed E-state index contributed by atoms with van der Waals surface area (Å²) in [4.78, 5) is 0. The Kier molecular flexibility index (Phi) is 1.60. The van der Waals surface area contributed by atoms with Gasteiger partial charge in [0.05, 0.1) is 18.3 Å². The minimum Gasteiger partial charge on any atom is -0.171 e. The van der Waals surface area contributed by atoms with Crippen LogP contribution in [-0.4, -0.2) is 18.1 Å². The molecule has 6 heteroatoms. The van der Waals surface area contributed by atoms with Gasteiger partial charge < -0.3 is 0 Å². The SMILES string of the molecule is FC(F)(F)CC1=N[N]N=C1. The average Bonchev–Trinajstić information content (AvgIpc) is 2.12. The molecule has 0 aliphatic carbocycles. The lowest BCUT2D eigenvalue weighted by atomic mass is 10.3. The first-order valence-electron chi connectivity index (χ1n) is 2.44. The van der Waals surface area contributed by atoms with Gasteiger partial charge in [-0.2, -0.15) is 13.2 Å². The molecule has 1 radical (unpaired) electrons. The molecule has 0 aromatic rings. The van der Waals surface area contributed by atoms with Gasteiger partial charge >= 0.3 is 6.18 Å². The van der Waals surface area contributed by atoms with Gasteiger partial charge in [0.1, 0.15) is 0 Å². The van der Waals surface area contributed by atoms with Crippen LogP contribution < -0.4 is 5.53 Å². The number of nitrogens with zero attached hydrogens (tertiary/aromatic N) is 3. The van der Waals surface area contributed by atoms with E-state index in [2.05, 4.69) is 15.7 Å². The lowest BCUT2D eigenvalue weighted by Crippen LogP contribution is -2.14. The molecule has 0 unspecified atom stereocenters. The van der Waals surface area contributed by atoms with Crippen molar-refractivity contribution in [1.82, 2.24) is 5.53 Å². The first kappa shape index (κ1) is 7.04. The maximum Gasteiger partial charge on any atom is 0.394 e. The molecule has 0 fully saturated rings. The molecular formula is C4H3F3N3. The summed E-state index contributed by atoms with van der Waals surface area (Å²) in [5.74, 6) is 0. The van der Waals surface area contributed by atoms with Crippen molar-refractivity contribution in [2.45, 2.75) is 12.6 Å². The van der Waals surface area contributed by atoms with Gasteiger partial charge in [0.2, 0.25) is 0 Å². The lowest BCUT2D eigenvalue weighted by molar-refractivity contribution is -0.120. The smallest absolute Gasteiger partial charge is 0.171 e. The summed E-state index contributed by atoms with van der Waals surface area (Å²) in [5, 5.41) is 6.27. The Balaban J connectivity index is 2.46. The highest BCUT2D eigenvalue weighted by Gasteiger charge is 2.30. The molecule has 1 rings (SSSR count). The first-order chi connectivity index (χ1) is 4.58. The number of halogens is 3. The Morgan fingerprint density at radius 2 is 2.10 bits per heavy atom. The van der Waals surface area contributed by atoms with E-state index in [1.807, 2.05) is 0 Å². The molecule has 0 saturated carbocycles. The van der Waals surface area contributed by atoms with Crippen molar-refractivity contribution in [3.05, 3.63) is 0 Å². The zero-order valence-corrected chi connectivity index (χ0v) is 4.76. The zero-order valence-electron chi connectivity index (χ0n) is 4.76. The standard InChI is InChI=1S/C4H3F3N3/c5-4(6,7)1-3-2-8-10-9-3/h2H,1H2. The van der Waals surface area contributed by atoms with Crippen molar-refractivity contribution >= 4 is 11.9 Å². The third kappa shape index (κ3) is 2.04. The summed E-state index contributed by atoms with van der Waals surface area (Å²) in [6.07, 6.45) is -4.28. The molecule has 0 aromatic carbocycles. The minimum absolute atomic E-state index is 0.146. The van der Waals surface area contributed by atoms with E-state index in [-0.39, 0.29) is 5.71 Å². The second kappa shape index (κ2) is 2.28. The molecule has 3 nitrogen and oxygen atoms in total. The van der Waals surface area contributed by atoms with Crippen LogP contribution in [-0.2, 0) is 0 Å². The summed E-state index contributed by atoms with van der Waals surface area (Å²) < 4.78 is 34.6. The fourth-order valence-corrected chi connectivity index (χ4v) is 0.488. The molecule has 10 heavy (non-hydrogen) atoms. The summed E-state index contributed by atoms with van der Waals surface area (Å²) >= 11 is 0. The lowest BCUT2D eigenvalue weighted by Gasteiger charge is -2.01. The molecule has 0 amide bonds. The summed E-state index contributed by atoms with van der Waals surface area (Å²) in [6, 6.07) is 0. The quantitative estimate of drug-likeness (QED) is 0.532.